The molecule has 0 atom stereocenters. The Morgan fingerprint density at radius 2 is 1.70 bits per heavy atom. The summed E-state index contributed by atoms with van der Waals surface area (Å²) in [4.78, 5) is 12.7. The second-order valence-corrected chi connectivity index (χ2v) is 9.15. The van der Waals surface area contributed by atoms with Crippen molar-refractivity contribution in [1.82, 2.24) is 0 Å². The molecular formula is C22H21ClN2O4S. The molecule has 156 valence electrons. The van der Waals surface area contributed by atoms with Crippen molar-refractivity contribution in [3.05, 3.63) is 83.4 Å². The molecule has 0 bridgehead atoms. The van der Waals surface area contributed by atoms with Crippen molar-refractivity contribution in [2.24, 2.45) is 0 Å². The molecule has 1 N–H and O–H groups in total. The highest BCUT2D eigenvalue weighted by Crippen LogP contribution is 2.32. The van der Waals surface area contributed by atoms with E-state index in [1.807, 2.05) is 18.2 Å². The van der Waals surface area contributed by atoms with Crippen molar-refractivity contribution in [2.45, 2.75) is 6.92 Å². The van der Waals surface area contributed by atoms with E-state index in [0.717, 1.165) is 0 Å². The zero-order chi connectivity index (χ0) is 21.7. The van der Waals surface area contributed by atoms with Gasteiger partial charge in [-0.15, -0.1) is 0 Å². The Bertz CT molecular complexity index is 1130. The van der Waals surface area contributed by atoms with Crippen molar-refractivity contribution in [3.8, 4) is 11.5 Å². The van der Waals surface area contributed by atoms with Crippen LogP contribution in [0.3, 0.4) is 0 Å². The van der Waals surface area contributed by atoms with Gasteiger partial charge >= 0.3 is 0 Å². The van der Waals surface area contributed by atoms with Crippen LogP contribution in [0.1, 0.15) is 17.3 Å². The number of hydrogen-bond acceptors (Lipinski definition) is 4. The van der Waals surface area contributed by atoms with Crippen molar-refractivity contribution in [2.75, 3.05) is 22.4 Å². The first-order valence-electron chi connectivity index (χ1n) is 9.20. The Balaban J connectivity index is 1.80. The molecule has 3 rings (SSSR count). The van der Waals surface area contributed by atoms with E-state index in [0.29, 0.717) is 33.5 Å². The molecule has 3 aromatic carbocycles. The molecule has 0 unspecified atom stereocenters. The van der Waals surface area contributed by atoms with Crippen LogP contribution < -0.4 is 14.4 Å². The van der Waals surface area contributed by atoms with Crippen LogP contribution in [0, 0.1) is 0 Å². The van der Waals surface area contributed by atoms with Gasteiger partial charge in [-0.05, 0) is 61.5 Å². The number of anilines is 2. The molecule has 0 saturated heterocycles. The zero-order valence-electron chi connectivity index (χ0n) is 16.5. The largest absolute Gasteiger partial charge is 0.455 e. The SMILES string of the molecule is CCS(=O)(=O)N(C)c1ccc(C(=O)Nc2cc(Cl)ccc2Oc2ccccc2)cc1. The molecular weight excluding hydrogens is 424 g/mol. The van der Waals surface area contributed by atoms with Gasteiger partial charge in [-0.3, -0.25) is 9.10 Å². The average Bonchev–Trinajstić information content (AvgIpc) is 2.76. The van der Waals surface area contributed by atoms with Crippen molar-refractivity contribution < 1.29 is 17.9 Å². The van der Waals surface area contributed by atoms with Crippen LogP contribution in [0.5, 0.6) is 11.5 Å². The summed E-state index contributed by atoms with van der Waals surface area (Å²) >= 11 is 6.09. The molecule has 1 amide bonds. The first-order valence-corrected chi connectivity index (χ1v) is 11.2. The van der Waals surface area contributed by atoms with Crippen molar-refractivity contribution >= 4 is 38.9 Å². The standard InChI is InChI=1S/C22H21ClN2O4S/c1-3-30(27,28)25(2)18-12-9-16(10-13-18)22(26)24-20-15-17(23)11-14-21(20)29-19-7-5-4-6-8-19/h4-15H,3H2,1-2H3,(H,24,26). The summed E-state index contributed by atoms with van der Waals surface area (Å²) in [6.45, 7) is 1.58. The molecule has 0 saturated carbocycles. The number of halogens is 1. The van der Waals surface area contributed by atoms with Gasteiger partial charge in [0, 0.05) is 17.6 Å². The minimum atomic E-state index is -3.37. The smallest absolute Gasteiger partial charge is 0.255 e. The maximum atomic E-state index is 12.7. The minimum absolute atomic E-state index is 0.00923. The number of para-hydroxylation sites is 1. The number of carbonyl (C=O) groups excluding carboxylic acids is 1. The van der Waals surface area contributed by atoms with E-state index in [4.69, 9.17) is 16.3 Å². The van der Waals surface area contributed by atoms with E-state index in [2.05, 4.69) is 5.32 Å². The predicted octanol–water partition coefficient (Wildman–Crippen LogP) is 5.17. The zero-order valence-corrected chi connectivity index (χ0v) is 18.1. The molecule has 3 aromatic rings. The topological polar surface area (TPSA) is 75.7 Å². The summed E-state index contributed by atoms with van der Waals surface area (Å²) in [5, 5.41) is 3.25. The van der Waals surface area contributed by atoms with E-state index < -0.39 is 10.0 Å². The van der Waals surface area contributed by atoms with Gasteiger partial charge in [0.25, 0.3) is 5.91 Å². The number of nitrogens with zero attached hydrogens (tertiary/aromatic N) is 1. The lowest BCUT2D eigenvalue weighted by atomic mass is 10.2. The monoisotopic (exact) mass is 444 g/mol. The lowest BCUT2D eigenvalue weighted by Crippen LogP contribution is -2.28. The predicted molar refractivity (Wildman–Crippen MR) is 120 cm³/mol. The Kier molecular flexibility index (Phi) is 6.64. The molecule has 0 aliphatic rings. The van der Waals surface area contributed by atoms with Crippen LogP contribution in [0.2, 0.25) is 5.02 Å². The number of carbonyl (C=O) groups is 1. The van der Waals surface area contributed by atoms with Gasteiger partial charge in [0.1, 0.15) is 5.75 Å². The fourth-order valence-corrected chi connectivity index (χ4v) is 3.68. The first kappa shape index (κ1) is 21.7. The van der Waals surface area contributed by atoms with Gasteiger partial charge in [0.15, 0.2) is 5.75 Å². The van der Waals surface area contributed by atoms with Crippen LogP contribution in [-0.4, -0.2) is 27.1 Å². The number of nitrogens with one attached hydrogen (secondary N) is 1. The summed E-state index contributed by atoms with van der Waals surface area (Å²) in [6, 6.07) is 20.4. The van der Waals surface area contributed by atoms with E-state index in [-0.39, 0.29) is 11.7 Å². The van der Waals surface area contributed by atoms with E-state index in [1.165, 1.54) is 11.4 Å². The number of rotatable bonds is 7. The Morgan fingerprint density at radius 3 is 2.33 bits per heavy atom. The third kappa shape index (κ3) is 5.11. The van der Waals surface area contributed by atoms with E-state index in [9.17, 15) is 13.2 Å². The van der Waals surface area contributed by atoms with Crippen molar-refractivity contribution in [3.63, 3.8) is 0 Å². The van der Waals surface area contributed by atoms with Gasteiger partial charge in [-0.2, -0.15) is 0 Å². The summed E-state index contributed by atoms with van der Waals surface area (Å²) in [5.41, 5.74) is 1.27. The minimum Gasteiger partial charge on any atom is -0.455 e. The lowest BCUT2D eigenvalue weighted by Gasteiger charge is -2.18. The van der Waals surface area contributed by atoms with Crippen LogP contribution in [0.15, 0.2) is 72.8 Å². The maximum Gasteiger partial charge on any atom is 0.255 e. The molecule has 0 heterocycles. The summed E-state index contributed by atoms with van der Waals surface area (Å²) in [6.07, 6.45) is 0. The molecule has 6 nitrogen and oxygen atoms in total. The average molecular weight is 445 g/mol. The second kappa shape index (κ2) is 9.19. The van der Waals surface area contributed by atoms with Gasteiger partial charge in [-0.25, -0.2) is 8.42 Å². The van der Waals surface area contributed by atoms with Gasteiger partial charge in [-0.1, -0.05) is 29.8 Å². The molecule has 0 radical (unpaired) electrons. The molecule has 0 aliphatic heterocycles. The fourth-order valence-electron chi connectivity index (χ4n) is 2.68. The number of hydrogen-bond donors (Lipinski definition) is 1. The third-order valence-electron chi connectivity index (χ3n) is 4.44. The molecule has 0 aromatic heterocycles. The summed E-state index contributed by atoms with van der Waals surface area (Å²) in [5.74, 6) is 0.692. The number of ether oxygens (including phenoxy) is 1. The first-order chi connectivity index (χ1) is 14.3. The normalized spacial score (nSPS) is 11.0. The van der Waals surface area contributed by atoms with Crippen molar-refractivity contribution in [1.29, 1.82) is 0 Å². The third-order valence-corrected chi connectivity index (χ3v) is 6.45. The van der Waals surface area contributed by atoms with Crippen LogP contribution >= 0.6 is 11.6 Å². The van der Waals surface area contributed by atoms with Crippen LogP contribution in [0.4, 0.5) is 11.4 Å². The quantitative estimate of drug-likeness (QED) is 0.545. The van der Waals surface area contributed by atoms with E-state index in [1.54, 1.807) is 61.5 Å². The molecule has 0 fully saturated rings. The number of amides is 1. The maximum absolute atomic E-state index is 12.7. The summed E-state index contributed by atoms with van der Waals surface area (Å²) in [7, 11) is -1.89. The molecule has 0 spiro atoms. The van der Waals surface area contributed by atoms with E-state index >= 15 is 0 Å². The van der Waals surface area contributed by atoms with Gasteiger partial charge in [0.2, 0.25) is 10.0 Å². The number of benzene rings is 3. The lowest BCUT2D eigenvalue weighted by molar-refractivity contribution is 0.102. The second-order valence-electron chi connectivity index (χ2n) is 6.42. The summed E-state index contributed by atoms with van der Waals surface area (Å²) < 4.78 is 31.0. The van der Waals surface area contributed by atoms with Gasteiger partial charge in [0.05, 0.1) is 17.1 Å². The van der Waals surface area contributed by atoms with Crippen LogP contribution in [0.25, 0.3) is 0 Å². The number of sulfonamides is 1. The highest BCUT2D eigenvalue weighted by Gasteiger charge is 2.17. The fraction of sp³-hybridized carbons (Fsp3) is 0.136. The van der Waals surface area contributed by atoms with Crippen LogP contribution in [-0.2, 0) is 10.0 Å². The highest BCUT2D eigenvalue weighted by molar-refractivity contribution is 7.92. The Hall–Kier alpha value is -3.03. The molecule has 0 aliphatic carbocycles. The molecule has 8 heteroatoms. The highest BCUT2D eigenvalue weighted by atomic mass is 35.5. The molecule has 30 heavy (non-hydrogen) atoms. The van der Waals surface area contributed by atoms with Gasteiger partial charge < -0.3 is 10.1 Å². The Labute approximate surface area is 181 Å². The Morgan fingerprint density at radius 1 is 1.03 bits per heavy atom.